The molecule has 2 aromatic rings. The maximum absolute atomic E-state index is 12.3. The van der Waals surface area contributed by atoms with Crippen molar-refractivity contribution in [2.24, 2.45) is 0 Å². The molecule has 2 aromatic heterocycles. The van der Waals surface area contributed by atoms with Crippen LogP contribution in [-0.4, -0.2) is 29.1 Å². The third-order valence-electron chi connectivity index (χ3n) is 4.21. The smallest absolute Gasteiger partial charge is 0.290 e. The molecule has 6 nitrogen and oxygen atoms in total. The van der Waals surface area contributed by atoms with Crippen molar-refractivity contribution in [1.29, 1.82) is 0 Å². The fraction of sp³-hybridized carbons (Fsp3) is 0.400. The van der Waals surface area contributed by atoms with Gasteiger partial charge in [-0.2, -0.15) is 0 Å². The maximum atomic E-state index is 12.3. The quantitative estimate of drug-likeness (QED) is 0.881. The second-order valence-corrected chi connectivity index (χ2v) is 5.72. The average molecular weight is 284 g/mol. The predicted molar refractivity (Wildman–Crippen MR) is 74.7 cm³/mol. The molecule has 0 radical (unpaired) electrons. The van der Waals surface area contributed by atoms with E-state index in [9.17, 15) is 4.79 Å². The van der Waals surface area contributed by atoms with E-state index in [1.165, 1.54) is 0 Å². The van der Waals surface area contributed by atoms with Gasteiger partial charge in [-0.3, -0.25) is 9.78 Å². The number of nitrogens with zero attached hydrogens (tertiary/aromatic N) is 2. The first kappa shape index (κ1) is 12.5. The number of rotatable bonds is 4. The van der Waals surface area contributed by atoms with Crippen LogP contribution in [0.2, 0.25) is 0 Å². The average Bonchev–Trinajstić information content (AvgIpc) is 3.07. The molecule has 0 bridgehead atoms. The Labute approximate surface area is 121 Å². The van der Waals surface area contributed by atoms with Crippen molar-refractivity contribution in [1.82, 2.24) is 20.8 Å². The predicted octanol–water partition coefficient (Wildman–Crippen LogP) is 1.18. The van der Waals surface area contributed by atoms with Crippen molar-refractivity contribution in [3.05, 3.63) is 47.6 Å². The normalized spacial score (nSPS) is 19.8. The summed E-state index contributed by atoms with van der Waals surface area (Å²) in [4.78, 5) is 16.7. The van der Waals surface area contributed by atoms with E-state index in [0.717, 1.165) is 37.3 Å². The van der Waals surface area contributed by atoms with Crippen molar-refractivity contribution in [2.75, 3.05) is 13.1 Å². The molecule has 0 atom stereocenters. The number of hydrogen-bond acceptors (Lipinski definition) is 5. The molecule has 2 N–H and O–H groups in total. The van der Waals surface area contributed by atoms with Crippen LogP contribution >= 0.6 is 0 Å². The highest BCUT2D eigenvalue weighted by molar-refractivity contribution is 5.92. The van der Waals surface area contributed by atoms with Gasteiger partial charge in [0.05, 0.1) is 16.9 Å². The molecule has 2 aliphatic rings. The van der Waals surface area contributed by atoms with Gasteiger partial charge in [-0.05, 0) is 25.0 Å². The Morgan fingerprint density at radius 1 is 1.38 bits per heavy atom. The van der Waals surface area contributed by atoms with Crippen LogP contribution in [-0.2, 0) is 5.54 Å². The third kappa shape index (κ3) is 2.21. The first-order chi connectivity index (χ1) is 10.3. The molecule has 4 rings (SSSR count). The van der Waals surface area contributed by atoms with Gasteiger partial charge in [0.25, 0.3) is 5.91 Å². The number of amides is 1. The lowest BCUT2D eigenvalue weighted by molar-refractivity contribution is 0.0892. The van der Waals surface area contributed by atoms with E-state index in [-0.39, 0.29) is 17.2 Å². The van der Waals surface area contributed by atoms with Gasteiger partial charge in [-0.15, -0.1) is 0 Å². The lowest BCUT2D eigenvalue weighted by Crippen LogP contribution is -2.40. The molecule has 1 saturated carbocycles. The summed E-state index contributed by atoms with van der Waals surface area (Å²) in [5.41, 5.74) is 1.42. The van der Waals surface area contributed by atoms with Gasteiger partial charge in [0.2, 0.25) is 5.76 Å². The monoisotopic (exact) mass is 284 g/mol. The second kappa shape index (κ2) is 4.66. The van der Waals surface area contributed by atoms with Crippen LogP contribution in [0.15, 0.2) is 35.0 Å². The van der Waals surface area contributed by atoms with Gasteiger partial charge in [-0.1, -0.05) is 11.2 Å². The summed E-state index contributed by atoms with van der Waals surface area (Å²) in [5.74, 6) is 0.421. The van der Waals surface area contributed by atoms with Crippen LogP contribution in [0.3, 0.4) is 0 Å². The molecule has 2 fully saturated rings. The molecule has 6 heteroatoms. The molecule has 3 heterocycles. The third-order valence-corrected chi connectivity index (χ3v) is 4.21. The molecule has 1 aliphatic carbocycles. The largest absolute Gasteiger partial charge is 0.351 e. The summed E-state index contributed by atoms with van der Waals surface area (Å²) in [7, 11) is 0. The zero-order valence-electron chi connectivity index (χ0n) is 11.5. The Balaban J connectivity index is 1.49. The Morgan fingerprint density at radius 3 is 2.86 bits per heavy atom. The molecule has 1 saturated heterocycles. The van der Waals surface area contributed by atoms with Gasteiger partial charge in [-0.25, -0.2) is 0 Å². The zero-order chi connectivity index (χ0) is 14.3. The van der Waals surface area contributed by atoms with Gasteiger partial charge >= 0.3 is 0 Å². The van der Waals surface area contributed by atoms with Crippen LogP contribution in [0.4, 0.5) is 0 Å². The number of pyridine rings is 1. The second-order valence-electron chi connectivity index (χ2n) is 5.72. The number of aromatic nitrogens is 2. The van der Waals surface area contributed by atoms with E-state index in [0.29, 0.717) is 5.92 Å². The Kier molecular flexibility index (Phi) is 2.78. The van der Waals surface area contributed by atoms with Crippen LogP contribution in [0.5, 0.6) is 0 Å². The van der Waals surface area contributed by atoms with E-state index in [1.54, 1.807) is 12.3 Å². The topological polar surface area (TPSA) is 80.0 Å². The first-order valence-corrected chi connectivity index (χ1v) is 7.18. The van der Waals surface area contributed by atoms with Gasteiger partial charge < -0.3 is 15.2 Å². The van der Waals surface area contributed by atoms with Gasteiger partial charge in [0.15, 0.2) is 0 Å². The number of carbonyl (C=O) groups is 1. The zero-order valence-corrected chi connectivity index (χ0v) is 11.5. The molecular formula is C15H16N4O2. The van der Waals surface area contributed by atoms with Crippen molar-refractivity contribution in [2.45, 2.75) is 24.3 Å². The minimum Gasteiger partial charge on any atom is -0.351 e. The highest BCUT2D eigenvalue weighted by Gasteiger charge is 2.47. The molecule has 1 aliphatic heterocycles. The van der Waals surface area contributed by atoms with E-state index in [4.69, 9.17) is 4.52 Å². The SMILES string of the molecule is O=C(NC1(c2ccccn2)CC1)c1cc(C2CNC2)no1. The molecule has 108 valence electrons. The lowest BCUT2D eigenvalue weighted by Gasteiger charge is -2.24. The van der Waals surface area contributed by atoms with Crippen molar-refractivity contribution in [3.63, 3.8) is 0 Å². The summed E-state index contributed by atoms with van der Waals surface area (Å²) in [5, 5.41) is 10.2. The Bertz CT molecular complexity index is 659. The minimum atomic E-state index is -0.330. The molecule has 0 spiro atoms. The van der Waals surface area contributed by atoms with Crippen molar-refractivity contribution < 1.29 is 9.32 Å². The van der Waals surface area contributed by atoms with E-state index in [1.807, 2.05) is 18.2 Å². The summed E-state index contributed by atoms with van der Waals surface area (Å²) in [6.45, 7) is 1.79. The fourth-order valence-electron chi connectivity index (χ4n) is 2.58. The fourth-order valence-corrected chi connectivity index (χ4v) is 2.58. The summed E-state index contributed by atoms with van der Waals surface area (Å²) in [6, 6.07) is 7.50. The summed E-state index contributed by atoms with van der Waals surface area (Å²) >= 11 is 0. The highest BCUT2D eigenvalue weighted by Crippen LogP contribution is 2.44. The van der Waals surface area contributed by atoms with Gasteiger partial charge in [0, 0.05) is 31.3 Å². The van der Waals surface area contributed by atoms with E-state index in [2.05, 4.69) is 20.8 Å². The Hall–Kier alpha value is -2.21. The van der Waals surface area contributed by atoms with Crippen molar-refractivity contribution >= 4 is 5.91 Å². The van der Waals surface area contributed by atoms with Gasteiger partial charge in [0.1, 0.15) is 0 Å². The molecule has 21 heavy (non-hydrogen) atoms. The molecule has 1 amide bonds. The van der Waals surface area contributed by atoms with Crippen LogP contribution in [0, 0.1) is 0 Å². The van der Waals surface area contributed by atoms with Crippen LogP contribution < -0.4 is 10.6 Å². The summed E-state index contributed by atoms with van der Waals surface area (Å²) in [6.07, 6.45) is 3.56. The summed E-state index contributed by atoms with van der Waals surface area (Å²) < 4.78 is 5.18. The minimum absolute atomic E-state index is 0.218. The first-order valence-electron chi connectivity index (χ1n) is 7.18. The standard InChI is InChI=1S/C15H16N4O2/c20-14(12-7-11(19-21-12)10-8-16-9-10)18-15(4-5-15)13-3-1-2-6-17-13/h1-3,6-7,10,16H,4-5,8-9H2,(H,18,20). The number of nitrogens with one attached hydrogen (secondary N) is 2. The van der Waals surface area contributed by atoms with E-state index < -0.39 is 0 Å². The van der Waals surface area contributed by atoms with Crippen molar-refractivity contribution in [3.8, 4) is 0 Å². The Morgan fingerprint density at radius 2 is 2.24 bits per heavy atom. The molecule has 0 unspecified atom stereocenters. The number of hydrogen-bond donors (Lipinski definition) is 2. The lowest BCUT2D eigenvalue weighted by atomic mass is 9.99. The maximum Gasteiger partial charge on any atom is 0.290 e. The molecular weight excluding hydrogens is 268 g/mol. The molecule has 0 aromatic carbocycles. The van der Waals surface area contributed by atoms with E-state index >= 15 is 0 Å². The number of carbonyl (C=O) groups excluding carboxylic acids is 1. The highest BCUT2D eigenvalue weighted by atomic mass is 16.5. The van der Waals surface area contributed by atoms with Crippen LogP contribution in [0.25, 0.3) is 0 Å². The van der Waals surface area contributed by atoms with Crippen LogP contribution in [0.1, 0.15) is 40.7 Å².